The van der Waals surface area contributed by atoms with Gasteiger partial charge in [0.2, 0.25) is 0 Å². The second-order valence-electron chi connectivity index (χ2n) is 1.82. The fourth-order valence-electron chi connectivity index (χ4n) is 0.332. The molecule has 0 amide bonds. The maximum absolute atomic E-state index is 10.4. The Morgan fingerprint density at radius 1 is 1.67 bits per heavy atom. The van der Waals surface area contributed by atoms with Gasteiger partial charge in [-0.05, 0) is 0 Å². The molecule has 1 atom stereocenters. The van der Waals surface area contributed by atoms with Crippen molar-refractivity contribution in [3.05, 3.63) is 0 Å². The number of carboxylic acids is 1. The van der Waals surface area contributed by atoms with E-state index in [9.17, 15) is 9.59 Å². The Balaban J connectivity index is 3.63. The summed E-state index contributed by atoms with van der Waals surface area (Å²) < 4.78 is -0.155. The molecule has 3 N–H and O–H groups in total. The van der Waals surface area contributed by atoms with Crippen LogP contribution in [-0.4, -0.2) is 48.1 Å². The first kappa shape index (κ1) is 9.10. The topological polar surface area (TPSA) is 80.4 Å². The second kappa shape index (κ2) is 4.00. The second-order valence-corrected chi connectivity index (χ2v) is 2.80. The van der Waals surface area contributed by atoms with Crippen molar-refractivity contribution < 1.29 is 14.7 Å². The van der Waals surface area contributed by atoms with Gasteiger partial charge in [-0.15, -0.1) is 0 Å². The summed E-state index contributed by atoms with van der Waals surface area (Å²) in [5, 5.41) is 8.12. The number of hydrogen-bond donors (Lipinski definition) is 2. The van der Waals surface area contributed by atoms with Crippen LogP contribution in [0.3, 0.4) is 0 Å². The molecule has 0 spiro atoms. The van der Waals surface area contributed by atoms with Gasteiger partial charge in [0.1, 0.15) is 0 Å². The van der Waals surface area contributed by atoms with Crippen molar-refractivity contribution in [2.75, 3.05) is 0 Å². The summed E-state index contributed by atoms with van der Waals surface area (Å²) in [6.45, 7) is 0. The standard InChI is InChI=1S/C4H6NO3.Na/c5-3(2-6)1-4(7)8;/h3H,1,5H2,(H,7,8);/t3-;/m0./s1. The zero-order chi connectivity index (χ0) is 7.44. The number of nitrogens with two attached hydrogens (primary N) is 1. The fourth-order valence-corrected chi connectivity index (χ4v) is 0.536. The molecule has 0 saturated heterocycles. The molecule has 5 heteroatoms. The van der Waals surface area contributed by atoms with Crippen LogP contribution >= 0.6 is 0 Å². The Morgan fingerprint density at radius 3 is 2.22 bits per heavy atom. The zero-order valence-corrected chi connectivity index (χ0v) is 7.13. The molecule has 0 saturated carbocycles. The van der Waals surface area contributed by atoms with Crippen molar-refractivity contribution >= 4 is 36.9 Å². The van der Waals surface area contributed by atoms with Gasteiger partial charge >= 0.3 is 69.8 Å². The minimum atomic E-state index is -1.02. The first-order valence-corrected chi connectivity index (χ1v) is 3.52. The van der Waals surface area contributed by atoms with Gasteiger partial charge in [0.05, 0.1) is 0 Å². The molecule has 0 bridgehead atoms. The summed E-state index contributed by atoms with van der Waals surface area (Å²) in [5.41, 5.74) is 5.12. The molecule has 0 unspecified atom stereocenters. The molecule has 9 heavy (non-hydrogen) atoms. The molecule has 0 fully saturated rings. The summed E-state index contributed by atoms with van der Waals surface area (Å²) in [4.78, 5) is 20.2. The first-order chi connectivity index (χ1) is 4.04. The molecule has 0 aromatic rings. The molecule has 0 aromatic heterocycles. The normalized spacial score (nSPS) is 12.8. The number of carbonyl (C=O) groups excluding carboxylic acids is 1. The van der Waals surface area contributed by atoms with Crippen LogP contribution in [0.15, 0.2) is 0 Å². The van der Waals surface area contributed by atoms with Gasteiger partial charge in [-0.1, -0.05) is 0 Å². The summed E-state index contributed by atoms with van der Waals surface area (Å²) >= 11 is 0.331. The van der Waals surface area contributed by atoms with E-state index in [0.717, 1.165) is 0 Å². The summed E-state index contributed by atoms with van der Waals surface area (Å²) in [7, 11) is 0. The van der Waals surface area contributed by atoms with Crippen molar-refractivity contribution in [2.24, 2.45) is 5.73 Å². The van der Waals surface area contributed by atoms with Gasteiger partial charge in [0.25, 0.3) is 0 Å². The van der Waals surface area contributed by atoms with Crippen molar-refractivity contribution in [1.29, 1.82) is 0 Å². The van der Waals surface area contributed by atoms with Crippen LogP contribution in [0.25, 0.3) is 0 Å². The number of aliphatic carboxylic acids is 1. The fraction of sp³-hybridized carbons (Fsp3) is 0.500. The van der Waals surface area contributed by atoms with Crippen LogP contribution in [0.5, 0.6) is 0 Å². The van der Waals surface area contributed by atoms with E-state index in [4.69, 9.17) is 10.8 Å². The Kier molecular flexibility index (Phi) is 4.05. The van der Waals surface area contributed by atoms with Crippen LogP contribution in [0.4, 0.5) is 0 Å². The SMILES string of the molecule is N[C@@H](CC(=O)O)[C](=O)[Na]. The first-order valence-electron chi connectivity index (χ1n) is 2.52. The third-order valence-corrected chi connectivity index (χ3v) is 1.66. The molecule has 0 radical (unpaired) electrons. The molecule has 0 aliphatic carbocycles. The Labute approximate surface area is 69.8 Å². The van der Waals surface area contributed by atoms with Crippen molar-refractivity contribution in [3.8, 4) is 0 Å². The summed E-state index contributed by atoms with van der Waals surface area (Å²) in [6, 6.07) is -0.783. The van der Waals surface area contributed by atoms with Gasteiger partial charge in [-0.3, -0.25) is 0 Å². The van der Waals surface area contributed by atoms with Crippen LogP contribution < -0.4 is 5.73 Å². The quantitative estimate of drug-likeness (QED) is 0.465. The molecule has 0 rings (SSSR count). The van der Waals surface area contributed by atoms with E-state index < -0.39 is 12.0 Å². The molecule has 0 aliphatic heterocycles. The van der Waals surface area contributed by atoms with E-state index >= 15 is 0 Å². The summed E-state index contributed by atoms with van der Waals surface area (Å²) in [6.07, 6.45) is -0.248. The number of hydrogen-bond acceptors (Lipinski definition) is 3. The molecule has 4 nitrogen and oxygen atoms in total. The average molecular weight is 139 g/mol. The molecule has 0 heterocycles. The third kappa shape index (κ3) is 4.59. The van der Waals surface area contributed by atoms with Crippen molar-refractivity contribution in [1.82, 2.24) is 0 Å². The molecular formula is C4H6NNaO3. The molecule has 46 valence electrons. The van der Waals surface area contributed by atoms with E-state index in [1.807, 2.05) is 0 Å². The van der Waals surface area contributed by atoms with E-state index in [1.165, 1.54) is 0 Å². The Hall–Kier alpha value is 0.1000. The zero-order valence-electron chi connectivity index (χ0n) is 5.13. The molecule has 0 aliphatic rings. The summed E-state index contributed by atoms with van der Waals surface area (Å²) in [5.74, 6) is -1.02. The number of carboxylic acid groups (broad SMARTS) is 1. The van der Waals surface area contributed by atoms with Crippen molar-refractivity contribution in [2.45, 2.75) is 12.5 Å². The van der Waals surface area contributed by atoms with Crippen molar-refractivity contribution in [3.63, 3.8) is 0 Å². The van der Waals surface area contributed by atoms with E-state index in [2.05, 4.69) is 0 Å². The van der Waals surface area contributed by atoms with E-state index in [0.29, 0.717) is 27.9 Å². The Bertz CT molecular complexity index is 136. The van der Waals surface area contributed by atoms with Gasteiger partial charge in [0.15, 0.2) is 0 Å². The maximum atomic E-state index is 10.4. The number of rotatable bonds is 3. The number of carbonyl (C=O) groups is 2. The van der Waals surface area contributed by atoms with Gasteiger partial charge in [0, 0.05) is 0 Å². The minimum absolute atomic E-state index is 0.155. The Morgan fingerprint density at radius 2 is 2.11 bits per heavy atom. The molecular weight excluding hydrogens is 133 g/mol. The molecule has 0 aromatic carbocycles. The van der Waals surface area contributed by atoms with Crippen LogP contribution in [0, 0.1) is 0 Å². The van der Waals surface area contributed by atoms with Gasteiger partial charge in [-0.25, -0.2) is 0 Å². The van der Waals surface area contributed by atoms with Crippen LogP contribution in [0.2, 0.25) is 0 Å². The third-order valence-electron chi connectivity index (χ3n) is 0.917. The van der Waals surface area contributed by atoms with Crippen LogP contribution in [0.1, 0.15) is 6.42 Å². The van der Waals surface area contributed by atoms with Gasteiger partial charge in [-0.2, -0.15) is 0 Å². The van der Waals surface area contributed by atoms with E-state index in [-0.39, 0.29) is 9.45 Å². The predicted octanol–water partition coefficient (Wildman–Crippen LogP) is -1.52. The average Bonchev–Trinajstić information content (AvgIpc) is 1.63. The monoisotopic (exact) mass is 139 g/mol. The van der Waals surface area contributed by atoms with Crippen LogP contribution in [-0.2, 0) is 9.59 Å². The van der Waals surface area contributed by atoms with E-state index in [1.54, 1.807) is 0 Å². The predicted molar refractivity (Wildman–Crippen MR) is 31.0 cm³/mol. The van der Waals surface area contributed by atoms with Gasteiger partial charge < -0.3 is 0 Å².